The first-order valence-electron chi connectivity index (χ1n) is 4.16. The van der Waals surface area contributed by atoms with Crippen LogP contribution in [-0.4, -0.2) is 12.5 Å². The van der Waals surface area contributed by atoms with Crippen molar-refractivity contribution in [1.29, 1.82) is 0 Å². The molecule has 0 unspecified atom stereocenters. The van der Waals surface area contributed by atoms with Crippen LogP contribution in [0.4, 0.5) is 0 Å². The van der Waals surface area contributed by atoms with E-state index in [-0.39, 0.29) is 20.8 Å². The van der Waals surface area contributed by atoms with Gasteiger partial charge in [0.1, 0.15) is 0 Å². The van der Waals surface area contributed by atoms with Crippen LogP contribution in [0, 0.1) is 0 Å². The number of carbonyl (C=O) groups excluding carboxylic acids is 1. The molecule has 0 aromatic rings. The molecule has 0 saturated carbocycles. The normalized spacial score (nSPS) is 18.5. The van der Waals surface area contributed by atoms with Crippen molar-refractivity contribution in [3.05, 3.63) is 0 Å². The van der Waals surface area contributed by atoms with Crippen LogP contribution in [0.25, 0.3) is 0 Å². The Balaban J connectivity index is 0. The molecule has 0 spiro atoms. The fourth-order valence-electron chi connectivity index (χ4n) is 1.26. The first-order chi connectivity index (χ1) is 4.89. The van der Waals surface area contributed by atoms with Gasteiger partial charge in [-0.25, -0.2) is 0 Å². The molecular weight excluding hydrogens is 150 g/mol. The first-order valence-corrected chi connectivity index (χ1v) is 4.16. The van der Waals surface area contributed by atoms with E-state index >= 15 is 0 Å². The van der Waals surface area contributed by atoms with Crippen molar-refractivity contribution in [3.8, 4) is 0 Å². The van der Waals surface area contributed by atoms with Crippen LogP contribution in [-0.2, 0) is 4.79 Å². The molecule has 0 aliphatic carbocycles. The van der Waals surface area contributed by atoms with Gasteiger partial charge in [-0.05, 0) is 12.8 Å². The molecule has 2 heteroatoms. The Morgan fingerprint density at radius 2 is 1.50 bits per heavy atom. The lowest BCUT2D eigenvalue weighted by atomic mass is 10.1. The van der Waals surface area contributed by atoms with Crippen LogP contribution in [0.15, 0.2) is 0 Å². The lowest BCUT2D eigenvalue weighted by Crippen LogP contribution is -2.23. The Bertz CT molecular complexity index is 100. The first kappa shape index (κ1) is 14.0. The summed E-state index contributed by atoms with van der Waals surface area (Å²) in [6.45, 7) is 0.888. The second kappa shape index (κ2) is 8.57. The summed E-state index contributed by atoms with van der Waals surface area (Å²) < 4.78 is 0. The van der Waals surface area contributed by atoms with E-state index in [0.717, 1.165) is 25.8 Å². The van der Waals surface area contributed by atoms with Crippen LogP contribution in [0.5, 0.6) is 0 Å². The fraction of sp³-hybridized carbons (Fsp3) is 0.900. The summed E-state index contributed by atoms with van der Waals surface area (Å²) in [5.74, 6) is 0.238. The topological polar surface area (TPSA) is 29.1 Å². The number of hydrogen-bond acceptors (Lipinski definition) is 1. The zero-order valence-electron chi connectivity index (χ0n) is 6.36. The third-order valence-corrected chi connectivity index (χ3v) is 1.90. The van der Waals surface area contributed by atoms with Gasteiger partial charge in [0.15, 0.2) is 0 Å². The van der Waals surface area contributed by atoms with Crippen LogP contribution in [0.3, 0.4) is 0 Å². The average molecular weight is 173 g/mol. The molecule has 1 heterocycles. The van der Waals surface area contributed by atoms with E-state index in [0.29, 0.717) is 0 Å². The molecule has 0 aromatic heterocycles. The molecule has 1 aliphatic rings. The highest BCUT2D eigenvalue weighted by Crippen LogP contribution is 2.06. The van der Waals surface area contributed by atoms with Gasteiger partial charge in [0.05, 0.1) is 0 Å². The monoisotopic (exact) mass is 173 g/mol. The largest absolute Gasteiger partial charge is 0.356 e. The van der Waals surface area contributed by atoms with E-state index in [2.05, 4.69) is 5.32 Å². The number of nitrogens with one attached hydrogen (secondary N) is 1. The van der Waals surface area contributed by atoms with E-state index in [1.807, 2.05) is 0 Å². The zero-order valence-corrected chi connectivity index (χ0v) is 6.36. The van der Waals surface area contributed by atoms with E-state index in [1.165, 1.54) is 19.3 Å². The van der Waals surface area contributed by atoms with Crippen molar-refractivity contribution >= 4 is 5.91 Å². The zero-order chi connectivity index (χ0) is 7.23. The standard InChI is InChI=1S/C8H15NO.2CH4/c10-8-6-4-2-1-3-5-7-9-8;;/h1-7H2,(H,9,10);2*1H4. The van der Waals surface area contributed by atoms with Crippen molar-refractivity contribution in [2.45, 2.75) is 53.4 Å². The summed E-state index contributed by atoms with van der Waals surface area (Å²) in [5.41, 5.74) is 0. The smallest absolute Gasteiger partial charge is 0.219 e. The summed E-state index contributed by atoms with van der Waals surface area (Å²) in [7, 11) is 0. The predicted octanol–water partition coefficient (Wildman–Crippen LogP) is 2.73. The van der Waals surface area contributed by atoms with Gasteiger partial charge in [0.25, 0.3) is 0 Å². The molecule has 0 atom stereocenters. The van der Waals surface area contributed by atoms with Crippen LogP contribution in [0.2, 0.25) is 0 Å². The quantitative estimate of drug-likeness (QED) is 0.599. The van der Waals surface area contributed by atoms with E-state index in [1.54, 1.807) is 0 Å². The summed E-state index contributed by atoms with van der Waals surface area (Å²) in [4.78, 5) is 10.9. The van der Waals surface area contributed by atoms with Gasteiger partial charge in [-0.2, -0.15) is 0 Å². The van der Waals surface area contributed by atoms with Crippen molar-refractivity contribution in [2.75, 3.05) is 6.54 Å². The maximum absolute atomic E-state index is 10.9. The maximum atomic E-state index is 10.9. The second-order valence-electron chi connectivity index (χ2n) is 2.87. The minimum atomic E-state index is 0. The Kier molecular flexibility index (Phi) is 10.0. The minimum absolute atomic E-state index is 0. The maximum Gasteiger partial charge on any atom is 0.219 e. The summed E-state index contributed by atoms with van der Waals surface area (Å²) >= 11 is 0. The molecule has 1 N–H and O–H groups in total. The molecule has 0 radical (unpaired) electrons. The van der Waals surface area contributed by atoms with Gasteiger partial charge in [-0.1, -0.05) is 34.1 Å². The van der Waals surface area contributed by atoms with Gasteiger partial charge in [0.2, 0.25) is 5.91 Å². The molecule has 1 fully saturated rings. The highest BCUT2D eigenvalue weighted by atomic mass is 16.1. The predicted molar refractivity (Wildman–Crippen MR) is 54.2 cm³/mol. The Morgan fingerprint density at radius 3 is 2.25 bits per heavy atom. The van der Waals surface area contributed by atoms with Crippen LogP contribution >= 0.6 is 0 Å². The molecule has 1 amide bonds. The summed E-state index contributed by atoms with van der Waals surface area (Å²) in [6, 6.07) is 0. The summed E-state index contributed by atoms with van der Waals surface area (Å²) in [6.07, 6.45) is 6.78. The van der Waals surface area contributed by atoms with Gasteiger partial charge < -0.3 is 5.32 Å². The molecule has 0 bridgehead atoms. The van der Waals surface area contributed by atoms with Gasteiger partial charge >= 0.3 is 0 Å². The highest BCUT2D eigenvalue weighted by Gasteiger charge is 2.02. The van der Waals surface area contributed by atoms with E-state index < -0.39 is 0 Å². The molecule has 0 aromatic carbocycles. The van der Waals surface area contributed by atoms with Crippen LogP contribution < -0.4 is 5.32 Å². The number of carbonyl (C=O) groups is 1. The lowest BCUT2D eigenvalue weighted by molar-refractivity contribution is -0.121. The summed E-state index contributed by atoms with van der Waals surface area (Å²) in [5, 5.41) is 2.89. The lowest BCUT2D eigenvalue weighted by Gasteiger charge is -1.99. The average Bonchev–Trinajstić information content (AvgIpc) is 2.02. The third-order valence-electron chi connectivity index (χ3n) is 1.90. The van der Waals surface area contributed by atoms with Gasteiger partial charge in [-0.3, -0.25) is 4.79 Å². The number of rotatable bonds is 0. The van der Waals surface area contributed by atoms with E-state index in [9.17, 15) is 4.79 Å². The molecule has 74 valence electrons. The van der Waals surface area contributed by atoms with Crippen molar-refractivity contribution < 1.29 is 4.79 Å². The number of amides is 1. The Morgan fingerprint density at radius 1 is 0.917 bits per heavy atom. The van der Waals surface area contributed by atoms with E-state index in [4.69, 9.17) is 0 Å². The molecule has 1 saturated heterocycles. The van der Waals surface area contributed by atoms with Crippen molar-refractivity contribution in [2.24, 2.45) is 0 Å². The van der Waals surface area contributed by atoms with Gasteiger partial charge in [-0.15, -0.1) is 0 Å². The van der Waals surface area contributed by atoms with Crippen molar-refractivity contribution in [3.63, 3.8) is 0 Å². The van der Waals surface area contributed by atoms with Crippen LogP contribution in [0.1, 0.15) is 53.4 Å². The Labute approximate surface area is 76.7 Å². The number of hydrogen-bond donors (Lipinski definition) is 1. The molecular formula is C10H23NO. The Hall–Kier alpha value is -0.530. The molecule has 2 nitrogen and oxygen atoms in total. The van der Waals surface area contributed by atoms with Gasteiger partial charge in [0, 0.05) is 13.0 Å². The molecule has 1 aliphatic heterocycles. The SMILES string of the molecule is C.C.O=C1CCCCCCCN1. The molecule has 1 rings (SSSR count). The second-order valence-corrected chi connectivity index (χ2v) is 2.87. The fourth-order valence-corrected chi connectivity index (χ4v) is 1.26. The highest BCUT2D eigenvalue weighted by molar-refractivity contribution is 5.75. The minimum Gasteiger partial charge on any atom is -0.356 e. The third kappa shape index (κ3) is 6.20. The molecule has 12 heavy (non-hydrogen) atoms. The van der Waals surface area contributed by atoms with Crippen molar-refractivity contribution in [1.82, 2.24) is 5.32 Å².